The van der Waals surface area contributed by atoms with Crippen molar-refractivity contribution in [3.05, 3.63) is 107 Å². The van der Waals surface area contributed by atoms with Crippen LogP contribution in [0.15, 0.2) is 89.9 Å². The largest absolute Gasteiger partial charge is 0.508 e. The van der Waals surface area contributed by atoms with Crippen molar-refractivity contribution in [1.82, 2.24) is 0 Å². The van der Waals surface area contributed by atoms with Crippen LogP contribution in [0.2, 0.25) is 5.02 Å². The van der Waals surface area contributed by atoms with Crippen molar-refractivity contribution in [3.8, 4) is 5.75 Å². The summed E-state index contributed by atoms with van der Waals surface area (Å²) in [5.41, 5.74) is 4.10. The third kappa shape index (κ3) is 4.35. The van der Waals surface area contributed by atoms with E-state index in [4.69, 9.17) is 16.6 Å². The molecule has 1 aliphatic heterocycles. The van der Waals surface area contributed by atoms with Crippen LogP contribution >= 0.6 is 11.6 Å². The van der Waals surface area contributed by atoms with Crippen LogP contribution in [0.1, 0.15) is 24.1 Å². The third-order valence-electron chi connectivity index (χ3n) is 5.86. The number of fused-ring (bicyclic) bond motifs is 2. The van der Waals surface area contributed by atoms with Crippen LogP contribution in [0.25, 0.3) is 10.8 Å². The molecule has 0 fully saturated rings. The van der Waals surface area contributed by atoms with Crippen LogP contribution < -0.4 is 4.90 Å². The maximum absolute atomic E-state index is 13.4. The first-order chi connectivity index (χ1) is 15.5. The number of phenolic OH excluding ortho intramolecular Hbond substituents is 1. The molecular formula is C28H25ClN2O2. The van der Waals surface area contributed by atoms with E-state index in [2.05, 4.69) is 30.3 Å². The number of hydrogen-bond donors (Lipinski definition) is 1. The number of hydrogen-bond acceptors (Lipinski definition) is 3. The van der Waals surface area contributed by atoms with Gasteiger partial charge in [-0.05, 0) is 58.8 Å². The number of aliphatic imine (C=N–C) groups is 1. The van der Waals surface area contributed by atoms with Gasteiger partial charge in [0, 0.05) is 29.6 Å². The van der Waals surface area contributed by atoms with Gasteiger partial charge in [0.1, 0.15) is 11.8 Å². The Morgan fingerprint density at radius 1 is 0.939 bits per heavy atom. The fraction of sp³-hybridized carbons (Fsp3) is 0.143. The number of phenols is 1. The van der Waals surface area contributed by atoms with Gasteiger partial charge >= 0.3 is 0 Å². The highest BCUT2D eigenvalue weighted by atomic mass is 35.5. The topological polar surface area (TPSA) is 52.9 Å². The Morgan fingerprint density at radius 3 is 2.42 bits per heavy atom. The number of amides is 1. The van der Waals surface area contributed by atoms with Crippen LogP contribution in [0.4, 0.5) is 5.69 Å². The molecule has 1 N–H and O–H groups in total. The molecule has 0 aromatic heterocycles. The molecule has 0 aliphatic carbocycles. The zero-order valence-corrected chi connectivity index (χ0v) is 18.3. The second-order valence-corrected chi connectivity index (χ2v) is 8.42. The standard InChI is InChI=1S/C27H21ClN2O2.CH4/c1-30-25-13-10-21(28)16-23(25)26(19-8-11-22(31)12-9-19)29-24(27(30)32)15-17-6-7-18-4-2-3-5-20(18)14-17;/h2-14,16,24,31H,15H2,1H3;1H4. The van der Waals surface area contributed by atoms with Crippen LogP contribution in [0, 0.1) is 0 Å². The minimum absolute atomic E-state index is 0. The van der Waals surface area contributed by atoms with Gasteiger partial charge in [0.25, 0.3) is 5.91 Å². The van der Waals surface area contributed by atoms with E-state index in [1.165, 1.54) is 0 Å². The van der Waals surface area contributed by atoms with Gasteiger partial charge in [-0.15, -0.1) is 0 Å². The third-order valence-corrected chi connectivity index (χ3v) is 6.09. The molecule has 5 heteroatoms. The van der Waals surface area contributed by atoms with Gasteiger partial charge in [0.2, 0.25) is 0 Å². The lowest BCUT2D eigenvalue weighted by molar-refractivity contribution is -0.119. The predicted molar refractivity (Wildman–Crippen MR) is 137 cm³/mol. The molecule has 166 valence electrons. The first-order valence-corrected chi connectivity index (χ1v) is 10.8. The second kappa shape index (κ2) is 9.08. The average molecular weight is 457 g/mol. The minimum atomic E-state index is -0.587. The number of aromatic hydroxyl groups is 1. The van der Waals surface area contributed by atoms with Crippen LogP contribution in [0.5, 0.6) is 5.75 Å². The van der Waals surface area contributed by atoms with Crippen LogP contribution in [-0.2, 0) is 11.2 Å². The Balaban J connectivity index is 0.00000259. The Labute approximate surface area is 198 Å². The van der Waals surface area contributed by atoms with Crippen molar-refractivity contribution in [2.45, 2.75) is 19.9 Å². The summed E-state index contributed by atoms with van der Waals surface area (Å²) in [6, 6.07) is 26.2. The highest BCUT2D eigenvalue weighted by molar-refractivity contribution is 6.32. The van der Waals surface area contributed by atoms with Crippen LogP contribution in [0.3, 0.4) is 0 Å². The number of nitrogens with zero attached hydrogens (tertiary/aromatic N) is 2. The monoisotopic (exact) mass is 456 g/mol. The molecule has 1 atom stereocenters. The summed E-state index contributed by atoms with van der Waals surface area (Å²) in [4.78, 5) is 20.0. The molecule has 0 radical (unpaired) electrons. The summed E-state index contributed by atoms with van der Waals surface area (Å²) < 4.78 is 0. The second-order valence-electron chi connectivity index (χ2n) is 7.98. The molecule has 4 nitrogen and oxygen atoms in total. The molecule has 0 bridgehead atoms. The highest BCUT2D eigenvalue weighted by Gasteiger charge is 2.30. The van der Waals surface area contributed by atoms with Gasteiger partial charge in [0.05, 0.1) is 11.4 Å². The first kappa shape index (κ1) is 22.6. The number of benzodiazepines with no additional fused rings is 1. The van der Waals surface area contributed by atoms with Gasteiger partial charge in [-0.25, -0.2) is 0 Å². The van der Waals surface area contributed by atoms with E-state index in [9.17, 15) is 9.90 Å². The molecule has 4 aromatic rings. The number of rotatable bonds is 3. The number of halogens is 1. The Bertz CT molecular complexity index is 1360. The Morgan fingerprint density at radius 2 is 1.67 bits per heavy atom. The molecule has 1 heterocycles. The molecule has 0 spiro atoms. The summed E-state index contributed by atoms with van der Waals surface area (Å²) in [5, 5.41) is 12.6. The van der Waals surface area contributed by atoms with E-state index < -0.39 is 6.04 Å². The van der Waals surface area contributed by atoms with Crippen molar-refractivity contribution in [2.75, 3.05) is 11.9 Å². The van der Waals surface area contributed by atoms with Gasteiger partial charge < -0.3 is 10.0 Å². The van der Waals surface area contributed by atoms with Gasteiger partial charge in [-0.2, -0.15) is 0 Å². The van der Waals surface area contributed by atoms with Crippen molar-refractivity contribution in [2.24, 2.45) is 4.99 Å². The molecular weight excluding hydrogens is 432 g/mol. The zero-order chi connectivity index (χ0) is 22.2. The summed E-state index contributed by atoms with van der Waals surface area (Å²) in [6.45, 7) is 0. The summed E-state index contributed by atoms with van der Waals surface area (Å²) in [7, 11) is 1.78. The molecule has 0 saturated carbocycles. The Hall–Kier alpha value is -3.63. The normalized spacial score (nSPS) is 15.5. The number of carbonyl (C=O) groups is 1. The molecule has 0 saturated heterocycles. The van der Waals surface area contributed by atoms with Gasteiger partial charge in [-0.1, -0.05) is 61.5 Å². The molecule has 33 heavy (non-hydrogen) atoms. The number of anilines is 1. The number of benzene rings is 4. The SMILES string of the molecule is C.CN1C(=O)C(Cc2ccc3ccccc3c2)N=C(c2ccc(O)cc2)c2cc(Cl)ccc21. The van der Waals surface area contributed by atoms with E-state index in [-0.39, 0.29) is 19.1 Å². The lowest BCUT2D eigenvalue weighted by Gasteiger charge is -2.20. The zero-order valence-electron chi connectivity index (χ0n) is 17.5. The minimum Gasteiger partial charge on any atom is -0.508 e. The average Bonchev–Trinajstić information content (AvgIpc) is 2.90. The van der Waals surface area contributed by atoms with E-state index in [0.717, 1.165) is 33.2 Å². The van der Waals surface area contributed by atoms with Crippen molar-refractivity contribution < 1.29 is 9.90 Å². The van der Waals surface area contributed by atoms with E-state index >= 15 is 0 Å². The van der Waals surface area contributed by atoms with E-state index in [1.807, 2.05) is 36.4 Å². The fourth-order valence-corrected chi connectivity index (χ4v) is 4.36. The highest BCUT2D eigenvalue weighted by Crippen LogP contribution is 2.31. The lowest BCUT2D eigenvalue weighted by Crippen LogP contribution is -2.36. The summed E-state index contributed by atoms with van der Waals surface area (Å²) in [5.74, 6) is 0.103. The molecule has 1 unspecified atom stereocenters. The maximum Gasteiger partial charge on any atom is 0.251 e. The van der Waals surface area contributed by atoms with Gasteiger partial charge in [-0.3, -0.25) is 9.79 Å². The molecule has 1 amide bonds. The van der Waals surface area contributed by atoms with Crippen molar-refractivity contribution >= 4 is 39.7 Å². The lowest BCUT2D eigenvalue weighted by atomic mass is 9.99. The van der Waals surface area contributed by atoms with Crippen LogP contribution in [-0.4, -0.2) is 29.8 Å². The van der Waals surface area contributed by atoms with E-state index in [0.29, 0.717) is 17.2 Å². The smallest absolute Gasteiger partial charge is 0.251 e. The van der Waals surface area contributed by atoms with Crippen molar-refractivity contribution in [1.29, 1.82) is 0 Å². The van der Waals surface area contributed by atoms with Gasteiger partial charge in [0.15, 0.2) is 0 Å². The first-order valence-electron chi connectivity index (χ1n) is 10.4. The predicted octanol–water partition coefficient (Wildman–Crippen LogP) is 6.26. The summed E-state index contributed by atoms with van der Waals surface area (Å²) >= 11 is 6.32. The Kier molecular flexibility index (Phi) is 6.21. The van der Waals surface area contributed by atoms with E-state index in [1.54, 1.807) is 30.1 Å². The summed E-state index contributed by atoms with van der Waals surface area (Å²) in [6.07, 6.45) is 0.483. The molecule has 5 rings (SSSR count). The fourth-order valence-electron chi connectivity index (χ4n) is 4.18. The maximum atomic E-state index is 13.4. The number of likely N-dealkylation sites (N-methyl/N-ethyl adjacent to an activating group) is 1. The van der Waals surface area contributed by atoms with Crippen molar-refractivity contribution in [3.63, 3.8) is 0 Å². The quantitative estimate of drug-likeness (QED) is 0.395. The molecule has 4 aromatic carbocycles. The number of carbonyl (C=O) groups excluding carboxylic acids is 1. The molecule has 1 aliphatic rings.